The van der Waals surface area contributed by atoms with Crippen LogP contribution in [0.3, 0.4) is 0 Å². The lowest BCUT2D eigenvalue weighted by molar-refractivity contribution is 0.109. The molecule has 0 unspecified atom stereocenters. The zero-order valence-corrected chi connectivity index (χ0v) is 9.17. The second-order valence-corrected chi connectivity index (χ2v) is 4.33. The van der Waals surface area contributed by atoms with Crippen LogP contribution in [-0.2, 0) is 0 Å². The SMILES string of the molecule is O=C(NCC1CCC(O)CC1)n1ccnc1. The highest BCUT2D eigenvalue weighted by Crippen LogP contribution is 2.23. The number of aliphatic hydroxyl groups excluding tert-OH is 1. The minimum Gasteiger partial charge on any atom is -0.393 e. The van der Waals surface area contributed by atoms with Gasteiger partial charge in [-0.15, -0.1) is 0 Å². The van der Waals surface area contributed by atoms with E-state index in [9.17, 15) is 9.90 Å². The molecule has 88 valence electrons. The van der Waals surface area contributed by atoms with Crippen LogP contribution in [0.1, 0.15) is 25.7 Å². The lowest BCUT2D eigenvalue weighted by Crippen LogP contribution is -2.34. The van der Waals surface area contributed by atoms with Gasteiger partial charge in [0.2, 0.25) is 0 Å². The second-order valence-electron chi connectivity index (χ2n) is 4.33. The normalized spacial score (nSPS) is 25.3. The Bertz CT molecular complexity index is 329. The van der Waals surface area contributed by atoms with Gasteiger partial charge in [-0.25, -0.2) is 9.78 Å². The van der Waals surface area contributed by atoms with Gasteiger partial charge in [-0.05, 0) is 31.6 Å². The summed E-state index contributed by atoms with van der Waals surface area (Å²) < 4.78 is 1.43. The van der Waals surface area contributed by atoms with Crippen LogP contribution in [0.4, 0.5) is 4.79 Å². The summed E-state index contributed by atoms with van der Waals surface area (Å²) in [6.45, 7) is 0.684. The van der Waals surface area contributed by atoms with Crippen molar-refractivity contribution in [3.8, 4) is 0 Å². The largest absolute Gasteiger partial charge is 0.393 e. The molecule has 16 heavy (non-hydrogen) atoms. The zero-order chi connectivity index (χ0) is 11.4. The van der Waals surface area contributed by atoms with E-state index in [1.807, 2.05) is 0 Å². The number of nitrogens with zero attached hydrogens (tertiary/aromatic N) is 2. The number of amides is 1. The van der Waals surface area contributed by atoms with Crippen molar-refractivity contribution in [2.24, 2.45) is 5.92 Å². The van der Waals surface area contributed by atoms with Crippen LogP contribution >= 0.6 is 0 Å². The number of carbonyl (C=O) groups is 1. The van der Waals surface area contributed by atoms with Crippen molar-refractivity contribution in [2.45, 2.75) is 31.8 Å². The smallest absolute Gasteiger partial charge is 0.326 e. The monoisotopic (exact) mass is 223 g/mol. The van der Waals surface area contributed by atoms with Gasteiger partial charge in [0.25, 0.3) is 0 Å². The van der Waals surface area contributed by atoms with Crippen LogP contribution < -0.4 is 5.32 Å². The summed E-state index contributed by atoms with van der Waals surface area (Å²) in [7, 11) is 0. The molecule has 1 amide bonds. The quantitative estimate of drug-likeness (QED) is 0.785. The molecule has 0 saturated heterocycles. The number of rotatable bonds is 2. The predicted molar refractivity (Wildman–Crippen MR) is 59.0 cm³/mol. The number of nitrogens with one attached hydrogen (secondary N) is 1. The third-order valence-electron chi connectivity index (χ3n) is 3.10. The first-order chi connectivity index (χ1) is 7.75. The molecule has 0 aromatic carbocycles. The standard InChI is InChI=1S/C11H17N3O2/c15-10-3-1-9(2-4-10)7-13-11(16)14-6-5-12-8-14/h5-6,8-10,15H,1-4,7H2,(H,13,16). The van der Waals surface area contributed by atoms with Crippen molar-refractivity contribution >= 4 is 6.03 Å². The molecule has 1 heterocycles. The number of carbonyl (C=O) groups excluding carboxylic acids is 1. The summed E-state index contributed by atoms with van der Waals surface area (Å²) in [6, 6.07) is -0.136. The summed E-state index contributed by atoms with van der Waals surface area (Å²) in [5.41, 5.74) is 0. The fraction of sp³-hybridized carbons (Fsp3) is 0.636. The first-order valence-electron chi connectivity index (χ1n) is 5.70. The second kappa shape index (κ2) is 5.12. The molecule has 5 nitrogen and oxygen atoms in total. The molecule has 0 bridgehead atoms. The Balaban J connectivity index is 1.73. The van der Waals surface area contributed by atoms with E-state index in [0.717, 1.165) is 25.7 Å². The Morgan fingerprint density at radius 3 is 2.81 bits per heavy atom. The number of aromatic nitrogens is 2. The highest BCUT2D eigenvalue weighted by Gasteiger charge is 2.19. The number of hydrogen-bond acceptors (Lipinski definition) is 3. The predicted octanol–water partition coefficient (Wildman–Crippen LogP) is 0.992. The van der Waals surface area contributed by atoms with Crippen LogP contribution in [0.15, 0.2) is 18.7 Å². The molecule has 2 N–H and O–H groups in total. The highest BCUT2D eigenvalue weighted by molar-refractivity contribution is 5.76. The van der Waals surface area contributed by atoms with E-state index in [2.05, 4.69) is 10.3 Å². The van der Waals surface area contributed by atoms with Crippen molar-refractivity contribution < 1.29 is 9.90 Å². The molecule has 0 radical (unpaired) electrons. The van der Waals surface area contributed by atoms with Crippen molar-refractivity contribution in [1.29, 1.82) is 0 Å². The number of hydrogen-bond donors (Lipinski definition) is 2. The van der Waals surface area contributed by atoms with Crippen LogP contribution in [-0.4, -0.2) is 33.3 Å². The van der Waals surface area contributed by atoms with Gasteiger partial charge >= 0.3 is 6.03 Å². The van der Waals surface area contributed by atoms with Crippen LogP contribution in [0.25, 0.3) is 0 Å². The fourth-order valence-electron chi connectivity index (χ4n) is 2.05. The lowest BCUT2D eigenvalue weighted by atomic mass is 9.87. The van der Waals surface area contributed by atoms with Gasteiger partial charge in [0.1, 0.15) is 6.33 Å². The summed E-state index contributed by atoms with van der Waals surface area (Å²) in [6.07, 6.45) is 8.24. The van der Waals surface area contributed by atoms with E-state index >= 15 is 0 Å². The van der Waals surface area contributed by atoms with Crippen LogP contribution in [0, 0.1) is 5.92 Å². The van der Waals surface area contributed by atoms with Crippen molar-refractivity contribution in [3.05, 3.63) is 18.7 Å². The van der Waals surface area contributed by atoms with E-state index in [1.165, 1.54) is 10.9 Å². The maximum Gasteiger partial charge on any atom is 0.326 e. The molecule has 0 atom stereocenters. The average Bonchev–Trinajstić information content (AvgIpc) is 2.81. The maximum absolute atomic E-state index is 11.6. The van der Waals surface area contributed by atoms with E-state index < -0.39 is 0 Å². The molecule has 0 spiro atoms. The van der Waals surface area contributed by atoms with E-state index in [0.29, 0.717) is 12.5 Å². The molecular formula is C11H17N3O2. The van der Waals surface area contributed by atoms with Crippen molar-refractivity contribution in [2.75, 3.05) is 6.54 Å². The zero-order valence-electron chi connectivity index (χ0n) is 9.17. The van der Waals surface area contributed by atoms with E-state index in [4.69, 9.17) is 0 Å². The molecule has 2 rings (SSSR count). The molecule has 5 heteroatoms. The number of aliphatic hydroxyl groups is 1. The first-order valence-corrected chi connectivity index (χ1v) is 5.70. The lowest BCUT2D eigenvalue weighted by Gasteiger charge is -2.25. The topological polar surface area (TPSA) is 67.2 Å². The Morgan fingerprint density at radius 2 is 2.19 bits per heavy atom. The summed E-state index contributed by atoms with van der Waals surface area (Å²) in [5.74, 6) is 0.496. The molecule has 1 aliphatic carbocycles. The maximum atomic E-state index is 11.6. The third kappa shape index (κ3) is 2.82. The van der Waals surface area contributed by atoms with Gasteiger partial charge in [-0.3, -0.25) is 4.57 Å². The Kier molecular flexibility index (Phi) is 3.56. The Hall–Kier alpha value is -1.36. The minimum atomic E-state index is -0.138. The molecule has 1 saturated carbocycles. The summed E-state index contributed by atoms with van der Waals surface area (Å²) in [5, 5.41) is 12.2. The van der Waals surface area contributed by atoms with Gasteiger partial charge in [0.05, 0.1) is 6.10 Å². The third-order valence-corrected chi connectivity index (χ3v) is 3.10. The fourth-order valence-corrected chi connectivity index (χ4v) is 2.05. The average molecular weight is 223 g/mol. The highest BCUT2D eigenvalue weighted by atomic mass is 16.3. The molecule has 1 aliphatic rings. The number of imidazole rings is 1. The summed E-state index contributed by atoms with van der Waals surface area (Å²) >= 11 is 0. The molecule has 1 aromatic rings. The van der Waals surface area contributed by atoms with Gasteiger partial charge < -0.3 is 10.4 Å². The molecule has 1 aromatic heterocycles. The van der Waals surface area contributed by atoms with Gasteiger partial charge in [-0.2, -0.15) is 0 Å². The Labute approximate surface area is 94.5 Å². The van der Waals surface area contributed by atoms with Crippen LogP contribution in [0.5, 0.6) is 0 Å². The molecular weight excluding hydrogens is 206 g/mol. The minimum absolute atomic E-state index is 0.136. The Morgan fingerprint density at radius 1 is 1.44 bits per heavy atom. The first kappa shape index (κ1) is 11.1. The van der Waals surface area contributed by atoms with E-state index in [-0.39, 0.29) is 12.1 Å². The van der Waals surface area contributed by atoms with Gasteiger partial charge in [0, 0.05) is 18.9 Å². The van der Waals surface area contributed by atoms with E-state index in [1.54, 1.807) is 12.4 Å². The van der Waals surface area contributed by atoms with Crippen molar-refractivity contribution in [3.63, 3.8) is 0 Å². The van der Waals surface area contributed by atoms with Crippen LogP contribution in [0.2, 0.25) is 0 Å². The van der Waals surface area contributed by atoms with Gasteiger partial charge in [0.15, 0.2) is 0 Å². The molecule has 1 fully saturated rings. The van der Waals surface area contributed by atoms with Crippen molar-refractivity contribution in [1.82, 2.24) is 14.9 Å². The van der Waals surface area contributed by atoms with Gasteiger partial charge in [-0.1, -0.05) is 0 Å². The summed E-state index contributed by atoms with van der Waals surface area (Å²) in [4.78, 5) is 15.4. The molecule has 0 aliphatic heterocycles.